The molecule has 0 spiro atoms. The number of anilines is 1. The van der Waals surface area contributed by atoms with E-state index in [1.165, 1.54) is 0 Å². The molecule has 1 saturated heterocycles. The van der Waals surface area contributed by atoms with Crippen molar-refractivity contribution < 1.29 is 9.18 Å². The molecule has 0 radical (unpaired) electrons. The molecule has 0 amide bonds. The number of hydrogen-bond acceptors (Lipinski definition) is 3. The third kappa shape index (κ3) is 1.75. The number of carbonyl (C=O) groups excluding carboxylic acids is 1. The lowest BCUT2D eigenvalue weighted by Gasteiger charge is -2.36. The summed E-state index contributed by atoms with van der Waals surface area (Å²) in [6.45, 7) is 0.887. The van der Waals surface area contributed by atoms with Crippen LogP contribution in [0, 0.1) is 0 Å². The number of hydrogen-bond donors (Lipinski definition) is 0. The van der Waals surface area contributed by atoms with Crippen LogP contribution < -0.4 is 4.90 Å². The highest BCUT2D eigenvalue weighted by Crippen LogP contribution is 2.25. The van der Waals surface area contributed by atoms with Crippen molar-refractivity contribution >= 4 is 22.9 Å². The smallest absolute Gasteiger partial charge is 0.168 e. The fraction of sp³-hybridized carbons (Fsp3) is 0.231. The van der Waals surface area contributed by atoms with Crippen LogP contribution in [-0.2, 0) is 0 Å². The van der Waals surface area contributed by atoms with Gasteiger partial charge in [0.2, 0.25) is 0 Å². The molecule has 1 aliphatic heterocycles. The third-order valence-electron chi connectivity index (χ3n) is 3.02. The number of rotatable bonds is 2. The zero-order valence-electron chi connectivity index (χ0n) is 9.14. The Morgan fingerprint density at radius 2 is 2.06 bits per heavy atom. The molecular formula is C13H11FN2O. The molecule has 0 atom stereocenters. The Hall–Kier alpha value is -1.97. The van der Waals surface area contributed by atoms with E-state index in [2.05, 4.69) is 4.98 Å². The molecular weight excluding hydrogens is 219 g/mol. The van der Waals surface area contributed by atoms with Gasteiger partial charge in [-0.3, -0.25) is 4.79 Å². The van der Waals surface area contributed by atoms with Crippen LogP contribution in [0.25, 0.3) is 10.9 Å². The van der Waals surface area contributed by atoms with Crippen molar-refractivity contribution in [3.05, 3.63) is 36.0 Å². The van der Waals surface area contributed by atoms with Crippen LogP contribution in [0.5, 0.6) is 0 Å². The molecule has 1 aliphatic rings. The number of pyridine rings is 1. The summed E-state index contributed by atoms with van der Waals surface area (Å²) in [4.78, 5) is 16.8. The van der Waals surface area contributed by atoms with Gasteiger partial charge in [-0.15, -0.1) is 0 Å². The molecule has 2 heterocycles. The molecule has 0 unspecified atom stereocenters. The molecule has 3 rings (SSSR count). The maximum Gasteiger partial charge on any atom is 0.168 e. The van der Waals surface area contributed by atoms with E-state index in [-0.39, 0.29) is 0 Å². The van der Waals surface area contributed by atoms with Crippen molar-refractivity contribution in [1.82, 2.24) is 4.98 Å². The number of nitrogens with zero attached hydrogens (tertiary/aromatic N) is 2. The molecule has 1 aromatic carbocycles. The number of fused-ring (bicyclic) bond motifs is 1. The van der Waals surface area contributed by atoms with Gasteiger partial charge in [-0.05, 0) is 18.2 Å². The number of halogens is 1. The first-order chi connectivity index (χ1) is 8.26. The monoisotopic (exact) mass is 230 g/mol. The van der Waals surface area contributed by atoms with Crippen LogP contribution in [0.1, 0.15) is 10.5 Å². The highest BCUT2D eigenvalue weighted by Gasteiger charge is 2.26. The Morgan fingerprint density at radius 1 is 1.29 bits per heavy atom. The first-order valence-corrected chi connectivity index (χ1v) is 5.51. The number of carbonyl (C=O) groups is 1. The third-order valence-corrected chi connectivity index (χ3v) is 3.02. The molecule has 1 aromatic heterocycles. The number of alkyl halides is 1. The molecule has 4 heteroatoms. The molecule has 3 nitrogen and oxygen atoms in total. The lowest BCUT2D eigenvalue weighted by Crippen LogP contribution is -2.48. The standard InChI is InChI=1S/C13H11FN2O/c14-10-6-16(7-10)12-4-2-9-1-3-11(8-17)15-13(9)5-12/h1-5,8,10H,6-7H2. The van der Waals surface area contributed by atoms with Gasteiger partial charge in [0.15, 0.2) is 6.29 Å². The van der Waals surface area contributed by atoms with Crippen LogP contribution in [-0.4, -0.2) is 30.5 Å². The first-order valence-electron chi connectivity index (χ1n) is 5.51. The lowest BCUT2D eigenvalue weighted by atomic mass is 10.1. The Bertz CT molecular complexity index is 579. The van der Waals surface area contributed by atoms with E-state index < -0.39 is 6.17 Å². The molecule has 0 saturated carbocycles. The van der Waals surface area contributed by atoms with E-state index in [0.29, 0.717) is 18.8 Å². The Labute approximate surface area is 97.9 Å². The van der Waals surface area contributed by atoms with Crippen molar-refractivity contribution in [1.29, 1.82) is 0 Å². The Balaban J connectivity index is 2.02. The molecule has 2 aromatic rings. The van der Waals surface area contributed by atoms with Gasteiger partial charge in [0.25, 0.3) is 0 Å². The van der Waals surface area contributed by atoms with Crippen LogP contribution in [0.2, 0.25) is 0 Å². The Kier molecular flexibility index (Phi) is 2.28. The van der Waals surface area contributed by atoms with Gasteiger partial charge in [0, 0.05) is 11.1 Å². The SMILES string of the molecule is O=Cc1ccc2ccc(N3CC(F)C3)cc2n1. The Morgan fingerprint density at radius 3 is 2.76 bits per heavy atom. The van der Waals surface area contributed by atoms with E-state index >= 15 is 0 Å². The predicted octanol–water partition coefficient (Wildman–Crippen LogP) is 2.21. The number of benzene rings is 1. The minimum absolute atomic E-state index is 0.418. The van der Waals surface area contributed by atoms with Gasteiger partial charge in [0.05, 0.1) is 18.6 Å². The van der Waals surface area contributed by atoms with Gasteiger partial charge < -0.3 is 4.90 Å². The minimum atomic E-state index is -0.722. The summed E-state index contributed by atoms with van der Waals surface area (Å²) in [6, 6.07) is 9.35. The normalized spacial score (nSPS) is 15.9. The first kappa shape index (κ1) is 10.2. The van der Waals surface area contributed by atoms with E-state index in [1.807, 2.05) is 29.2 Å². The quantitative estimate of drug-likeness (QED) is 0.741. The highest BCUT2D eigenvalue weighted by molar-refractivity contribution is 5.86. The minimum Gasteiger partial charge on any atom is -0.365 e. The van der Waals surface area contributed by atoms with Crippen molar-refractivity contribution in [2.45, 2.75) is 6.17 Å². The summed E-state index contributed by atoms with van der Waals surface area (Å²) in [7, 11) is 0. The topological polar surface area (TPSA) is 33.2 Å². The summed E-state index contributed by atoms with van der Waals surface area (Å²) in [5.74, 6) is 0. The van der Waals surface area contributed by atoms with Crippen LogP contribution >= 0.6 is 0 Å². The van der Waals surface area contributed by atoms with Gasteiger partial charge in [-0.2, -0.15) is 0 Å². The largest absolute Gasteiger partial charge is 0.365 e. The van der Waals surface area contributed by atoms with E-state index in [1.54, 1.807) is 6.07 Å². The summed E-state index contributed by atoms with van der Waals surface area (Å²) in [5, 5.41) is 0.983. The summed E-state index contributed by atoms with van der Waals surface area (Å²) >= 11 is 0. The van der Waals surface area contributed by atoms with Crippen molar-refractivity contribution in [3.63, 3.8) is 0 Å². The van der Waals surface area contributed by atoms with Crippen molar-refractivity contribution in [2.24, 2.45) is 0 Å². The summed E-state index contributed by atoms with van der Waals surface area (Å²) in [5.41, 5.74) is 2.15. The molecule has 86 valence electrons. The van der Waals surface area contributed by atoms with E-state index in [9.17, 15) is 9.18 Å². The second-order valence-corrected chi connectivity index (χ2v) is 4.23. The van der Waals surface area contributed by atoms with E-state index in [0.717, 1.165) is 22.9 Å². The zero-order chi connectivity index (χ0) is 11.8. The number of aromatic nitrogens is 1. The van der Waals surface area contributed by atoms with Gasteiger partial charge >= 0.3 is 0 Å². The van der Waals surface area contributed by atoms with Crippen molar-refractivity contribution in [2.75, 3.05) is 18.0 Å². The maximum atomic E-state index is 12.8. The predicted molar refractivity (Wildman–Crippen MR) is 64.2 cm³/mol. The van der Waals surface area contributed by atoms with Gasteiger partial charge in [0.1, 0.15) is 11.9 Å². The second kappa shape index (κ2) is 3.80. The summed E-state index contributed by atoms with van der Waals surface area (Å²) < 4.78 is 12.8. The molecule has 0 aliphatic carbocycles. The molecule has 17 heavy (non-hydrogen) atoms. The molecule has 1 fully saturated rings. The maximum absolute atomic E-state index is 12.8. The summed E-state index contributed by atoms with van der Waals surface area (Å²) in [6.07, 6.45) is 0.00725. The van der Waals surface area contributed by atoms with Crippen molar-refractivity contribution in [3.8, 4) is 0 Å². The van der Waals surface area contributed by atoms with Crippen LogP contribution in [0.15, 0.2) is 30.3 Å². The highest BCUT2D eigenvalue weighted by atomic mass is 19.1. The van der Waals surface area contributed by atoms with Crippen LogP contribution in [0.4, 0.5) is 10.1 Å². The van der Waals surface area contributed by atoms with Crippen LogP contribution in [0.3, 0.4) is 0 Å². The molecule has 0 bridgehead atoms. The van der Waals surface area contributed by atoms with Gasteiger partial charge in [-0.1, -0.05) is 12.1 Å². The molecule has 0 N–H and O–H groups in total. The lowest BCUT2D eigenvalue weighted by molar-refractivity contribution is 0.111. The zero-order valence-corrected chi connectivity index (χ0v) is 9.14. The average molecular weight is 230 g/mol. The average Bonchev–Trinajstić information content (AvgIpc) is 2.33. The number of aldehydes is 1. The fourth-order valence-electron chi connectivity index (χ4n) is 2.02. The second-order valence-electron chi connectivity index (χ2n) is 4.23. The fourth-order valence-corrected chi connectivity index (χ4v) is 2.02. The van der Waals surface area contributed by atoms with E-state index in [4.69, 9.17) is 0 Å². The van der Waals surface area contributed by atoms with Gasteiger partial charge in [-0.25, -0.2) is 9.37 Å².